The van der Waals surface area contributed by atoms with E-state index in [9.17, 15) is 9.59 Å². The Morgan fingerprint density at radius 2 is 1.81 bits per heavy atom. The minimum atomic E-state index is -0.271. The molecular formula is C20H15BrN2O3. The van der Waals surface area contributed by atoms with Gasteiger partial charge < -0.3 is 14.6 Å². The van der Waals surface area contributed by atoms with E-state index in [-0.39, 0.29) is 11.8 Å². The summed E-state index contributed by atoms with van der Waals surface area (Å²) in [6.45, 7) is 0.687. The second-order valence-corrected chi connectivity index (χ2v) is 6.79. The number of carbonyl (C=O) groups excluding carboxylic acids is 2. The fourth-order valence-corrected chi connectivity index (χ4v) is 3.37. The average Bonchev–Trinajstić information content (AvgIpc) is 3.28. The van der Waals surface area contributed by atoms with Crippen LogP contribution in [0.1, 0.15) is 26.3 Å². The summed E-state index contributed by atoms with van der Waals surface area (Å²) in [6.07, 6.45) is 2.25. The molecule has 0 radical (unpaired) electrons. The van der Waals surface area contributed by atoms with Gasteiger partial charge in [-0.15, -0.1) is 0 Å². The molecule has 0 saturated carbocycles. The van der Waals surface area contributed by atoms with E-state index in [2.05, 4.69) is 27.3 Å². The molecule has 2 aromatic carbocycles. The van der Waals surface area contributed by atoms with E-state index >= 15 is 0 Å². The van der Waals surface area contributed by atoms with Gasteiger partial charge in [0, 0.05) is 29.5 Å². The lowest BCUT2D eigenvalue weighted by Crippen LogP contribution is -2.28. The fourth-order valence-electron chi connectivity index (χ4n) is 3.03. The van der Waals surface area contributed by atoms with Crippen molar-refractivity contribution in [2.24, 2.45) is 0 Å². The van der Waals surface area contributed by atoms with Crippen LogP contribution in [0.5, 0.6) is 0 Å². The Kier molecular flexibility index (Phi) is 4.34. The van der Waals surface area contributed by atoms with Crippen molar-refractivity contribution in [3.8, 4) is 0 Å². The van der Waals surface area contributed by atoms with E-state index in [1.54, 1.807) is 35.2 Å². The van der Waals surface area contributed by atoms with E-state index in [0.717, 1.165) is 12.1 Å². The molecule has 0 unspecified atom stereocenters. The first-order valence-corrected chi connectivity index (χ1v) is 8.96. The Morgan fingerprint density at radius 3 is 2.54 bits per heavy atom. The van der Waals surface area contributed by atoms with Gasteiger partial charge in [0.25, 0.3) is 11.8 Å². The van der Waals surface area contributed by atoms with Gasteiger partial charge in [-0.3, -0.25) is 9.59 Å². The molecule has 1 aromatic heterocycles. The van der Waals surface area contributed by atoms with Crippen molar-refractivity contribution in [1.82, 2.24) is 0 Å². The highest BCUT2D eigenvalue weighted by Crippen LogP contribution is 2.29. The molecule has 6 heteroatoms. The molecule has 0 spiro atoms. The number of fused-ring (bicyclic) bond motifs is 1. The standard InChI is InChI=1S/C20H15BrN2O3/c21-18-11-15(12-26-18)19(24)22-16-7-5-14(6-8-16)20(25)23-10-9-13-3-1-2-4-17(13)23/h1-8,11-12H,9-10H2,(H,22,24). The van der Waals surface area contributed by atoms with Crippen molar-refractivity contribution in [1.29, 1.82) is 0 Å². The number of carbonyl (C=O) groups is 2. The first kappa shape index (κ1) is 16.6. The van der Waals surface area contributed by atoms with Crippen LogP contribution in [-0.2, 0) is 6.42 Å². The molecule has 2 amide bonds. The van der Waals surface area contributed by atoms with E-state index in [1.807, 2.05) is 18.2 Å². The monoisotopic (exact) mass is 410 g/mol. The molecule has 130 valence electrons. The summed E-state index contributed by atoms with van der Waals surface area (Å²) >= 11 is 3.17. The maximum absolute atomic E-state index is 12.8. The van der Waals surface area contributed by atoms with Crippen LogP contribution >= 0.6 is 15.9 Å². The van der Waals surface area contributed by atoms with Crippen molar-refractivity contribution in [3.05, 3.63) is 82.2 Å². The molecule has 1 aliphatic rings. The Morgan fingerprint density at radius 1 is 1.04 bits per heavy atom. The number of nitrogens with zero attached hydrogens (tertiary/aromatic N) is 1. The molecule has 0 saturated heterocycles. The lowest BCUT2D eigenvalue weighted by Gasteiger charge is -2.17. The zero-order valence-electron chi connectivity index (χ0n) is 13.7. The number of hydrogen-bond acceptors (Lipinski definition) is 3. The molecule has 26 heavy (non-hydrogen) atoms. The topological polar surface area (TPSA) is 62.6 Å². The SMILES string of the molecule is O=C(Nc1ccc(C(=O)N2CCc3ccccc32)cc1)c1coc(Br)c1. The summed E-state index contributed by atoms with van der Waals surface area (Å²) in [4.78, 5) is 26.7. The predicted molar refractivity (Wildman–Crippen MR) is 103 cm³/mol. The minimum absolute atomic E-state index is 0.0356. The number of amides is 2. The van der Waals surface area contributed by atoms with Crippen LogP contribution in [0, 0.1) is 0 Å². The summed E-state index contributed by atoms with van der Waals surface area (Å²) in [5.74, 6) is -0.307. The molecule has 0 bridgehead atoms. The van der Waals surface area contributed by atoms with Gasteiger partial charge in [-0.2, -0.15) is 0 Å². The van der Waals surface area contributed by atoms with Crippen molar-refractivity contribution >= 4 is 39.1 Å². The zero-order valence-corrected chi connectivity index (χ0v) is 15.3. The molecule has 2 heterocycles. The third-order valence-electron chi connectivity index (χ3n) is 4.35. The van der Waals surface area contributed by atoms with Crippen molar-refractivity contribution < 1.29 is 14.0 Å². The van der Waals surface area contributed by atoms with Crippen molar-refractivity contribution in [2.75, 3.05) is 16.8 Å². The maximum atomic E-state index is 12.8. The Labute approximate surface area is 158 Å². The Hall–Kier alpha value is -2.86. The smallest absolute Gasteiger partial charge is 0.258 e. The number of benzene rings is 2. The van der Waals surface area contributed by atoms with Gasteiger partial charge in [-0.05, 0) is 58.2 Å². The summed E-state index contributed by atoms with van der Waals surface area (Å²) in [5, 5.41) is 2.78. The van der Waals surface area contributed by atoms with E-state index < -0.39 is 0 Å². The molecule has 1 aliphatic heterocycles. The predicted octanol–water partition coefficient (Wildman–Crippen LogP) is 4.50. The Balaban J connectivity index is 1.48. The van der Waals surface area contributed by atoms with E-state index in [4.69, 9.17) is 4.42 Å². The number of anilines is 2. The van der Waals surface area contributed by atoms with Crippen molar-refractivity contribution in [3.63, 3.8) is 0 Å². The summed E-state index contributed by atoms with van der Waals surface area (Å²) in [5.41, 5.74) is 3.79. The summed E-state index contributed by atoms with van der Waals surface area (Å²) in [6, 6.07) is 16.4. The molecule has 0 atom stereocenters. The first-order valence-electron chi connectivity index (χ1n) is 8.17. The highest BCUT2D eigenvalue weighted by Gasteiger charge is 2.25. The number of para-hydroxylation sites is 1. The second-order valence-electron chi connectivity index (χ2n) is 6.01. The molecule has 3 aromatic rings. The van der Waals surface area contributed by atoms with E-state index in [1.165, 1.54) is 11.8 Å². The van der Waals surface area contributed by atoms with Crippen LogP contribution < -0.4 is 10.2 Å². The molecule has 0 fully saturated rings. The third kappa shape index (κ3) is 3.15. The van der Waals surface area contributed by atoms with Crippen LogP contribution in [0.25, 0.3) is 0 Å². The number of rotatable bonds is 3. The largest absolute Gasteiger partial charge is 0.457 e. The molecular weight excluding hydrogens is 396 g/mol. The average molecular weight is 411 g/mol. The minimum Gasteiger partial charge on any atom is -0.457 e. The Bertz CT molecular complexity index is 979. The molecule has 0 aliphatic carbocycles. The zero-order chi connectivity index (χ0) is 18.1. The number of halogens is 1. The molecule has 4 rings (SSSR count). The van der Waals surface area contributed by atoms with E-state index in [0.29, 0.717) is 28.0 Å². The van der Waals surface area contributed by atoms with Crippen LogP contribution in [0.4, 0.5) is 11.4 Å². The summed E-state index contributed by atoms with van der Waals surface area (Å²) < 4.78 is 5.56. The number of hydrogen-bond donors (Lipinski definition) is 1. The molecule has 5 nitrogen and oxygen atoms in total. The van der Waals surface area contributed by atoms with Crippen LogP contribution in [0.2, 0.25) is 0 Å². The normalized spacial score (nSPS) is 12.7. The lowest BCUT2D eigenvalue weighted by atomic mass is 10.1. The van der Waals surface area contributed by atoms with Gasteiger partial charge in [-0.25, -0.2) is 0 Å². The maximum Gasteiger partial charge on any atom is 0.258 e. The number of furan rings is 1. The summed E-state index contributed by atoms with van der Waals surface area (Å²) in [7, 11) is 0. The van der Waals surface area contributed by atoms with Crippen molar-refractivity contribution in [2.45, 2.75) is 6.42 Å². The van der Waals surface area contributed by atoms with Gasteiger partial charge in [0.15, 0.2) is 4.67 Å². The van der Waals surface area contributed by atoms with Gasteiger partial charge in [0.1, 0.15) is 6.26 Å². The van der Waals surface area contributed by atoms with Crippen LogP contribution in [0.3, 0.4) is 0 Å². The second kappa shape index (κ2) is 6.80. The van der Waals surface area contributed by atoms with Crippen LogP contribution in [0.15, 0.2) is 69.9 Å². The third-order valence-corrected chi connectivity index (χ3v) is 4.77. The van der Waals surface area contributed by atoms with Gasteiger partial charge >= 0.3 is 0 Å². The van der Waals surface area contributed by atoms with Gasteiger partial charge in [-0.1, -0.05) is 18.2 Å². The lowest BCUT2D eigenvalue weighted by molar-refractivity contribution is 0.0988. The fraction of sp³-hybridized carbons (Fsp3) is 0.100. The quantitative estimate of drug-likeness (QED) is 0.691. The van der Waals surface area contributed by atoms with Gasteiger partial charge in [0.2, 0.25) is 0 Å². The number of nitrogens with one attached hydrogen (secondary N) is 1. The highest BCUT2D eigenvalue weighted by atomic mass is 79.9. The van der Waals surface area contributed by atoms with Crippen LogP contribution in [-0.4, -0.2) is 18.4 Å². The first-order chi connectivity index (χ1) is 12.6. The van der Waals surface area contributed by atoms with Gasteiger partial charge in [0.05, 0.1) is 5.56 Å². The highest BCUT2D eigenvalue weighted by molar-refractivity contribution is 9.10. The molecule has 1 N–H and O–H groups in total.